The minimum Gasteiger partial charge on any atom is -0.308 e. The number of para-hydroxylation sites is 1. The Kier molecular flexibility index (Phi) is 4.91. The first-order valence-electron chi connectivity index (χ1n) is 8.35. The number of thiazole rings is 1. The van der Waals surface area contributed by atoms with Gasteiger partial charge in [-0.3, -0.25) is 0 Å². The lowest BCUT2D eigenvalue weighted by Crippen LogP contribution is -2.25. The molecule has 2 aromatic rings. The van der Waals surface area contributed by atoms with E-state index < -0.39 is 0 Å². The van der Waals surface area contributed by atoms with Crippen molar-refractivity contribution in [2.75, 3.05) is 6.54 Å². The molecule has 1 N–H and O–H groups in total. The van der Waals surface area contributed by atoms with Crippen LogP contribution >= 0.6 is 11.3 Å². The summed E-state index contributed by atoms with van der Waals surface area (Å²) in [6.45, 7) is 5.61. The summed E-state index contributed by atoms with van der Waals surface area (Å²) in [5.41, 5.74) is 1.15. The fraction of sp³-hybridized carbons (Fsp3) is 0.611. The van der Waals surface area contributed by atoms with Gasteiger partial charge in [0, 0.05) is 0 Å². The van der Waals surface area contributed by atoms with E-state index in [1.54, 1.807) is 0 Å². The van der Waals surface area contributed by atoms with E-state index in [2.05, 4.69) is 43.4 Å². The topological polar surface area (TPSA) is 24.9 Å². The molecule has 0 radical (unpaired) electrons. The van der Waals surface area contributed by atoms with Crippen LogP contribution < -0.4 is 5.32 Å². The second kappa shape index (κ2) is 6.89. The fourth-order valence-electron chi connectivity index (χ4n) is 3.46. The van der Waals surface area contributed by atoms with E-state index in [4.69, 9.17) is 4.98 Å². The van der Waals surface area contributed by atoms with Crippen LogP contribution in [0.25, 0.3) is 10.2 Å². The maximum absolute atomic E-state index is 4.87. The second-order valence-electron chi connectivity index (χ2n) is 6.49. The Morgan fingerprint density at radius 2 is 2.00 bits per heavy atom. The van der Waals surface area contributed by atoms with Crippen molar-refractivity contribution >= 4 is 21.6 Å². The van der Waals surface area contributed by atoms with E-state index in [1.165, 1.54) is 41.8 Å². The molecule has 1 saturated carbocycles. The van der Waals surface area contributed by atoms with Crippen molar-refractivity contribution in [2.24, 2.45) is 11.8 Å². The van der Waals surface area contributed by atoms with Crippen LogP contribution in [-0.4, -0.2) is 11.5 Å². The number of benzene rings is 1. The fourth-order valence-corrected chi connectivity index (χ4v) is 4.51. The van der Waals surface area contributed by atoms with E-state index in [-0.39, 0.29) is 0 Å². The first-order chi connectivity index (χ1) is 10.3. The van der Waals surface area contributed by atoms with Gasteiger partial charge in [0.2, 0.25) is 0 Å². The molecule has 0 amide bonds. The van der Waals surface area contributed by atoms with Gasteiger partial charge in [-0.15, -0.1) is 11.3 Å². The van der Waals surface area contributed by atoms with Gasteiger partial charge in [0.15, 0.2) is 0 Å². The van der Waals surface area contributed by atoms with Crippen molar-refractivity contribution < 1.29 is 0 Å². The van der Waals surface area contributed by atoms with Crippen LogP contribution in [0.3, 0.4) is 0 Å². The highest BCUT2D eigenvalue weighted by Crippen LogP contribution is 2.36. The maximum atomic E-state index is 4.87. The molecular weight excluding hydrogens is 276 g/mol. The number of aromatic nitrogens is 1. The Hall–Kier alpha value is -0.930. The molecule has 21 heavy (non-hydrogen) atoms. The van der Waals surface area contributed by atoms with Gasteiger partial charge in [0.25, 0.3) is 0 Å². The number of hydrogen-bond donors (Lipinski definition) is 1. The zero-order valence-electron chi connectivity index (χ0n) is 13.1. The van der Waals surface area contributed by atoms with Crippen LogP contribution in [0.4, 0.5) is 0 Å². The van der Waals surface area contributed by atoms with Crippen LogP contribution in [0.15, 0.2) is 24.3 Å². The minimum absolute atomic E-state index is 0.436. The molecule has 1 aliphatic carbocycles. The van der Waals surface area contributed by atoms with Crippen LogP contribution in [0.2, 0.25) is 0 Å². The molecule has 1 aromatic heterocycles. The predicted molar refractivity (Wildman–Crippen MR) is 91.8 cm³/mol. The summed E-state index contributed by atoms with van der Waals surface area (Å²) in [7, 11) is 0. The third-order valence-corrected chi connectivity index (χ3v) is 5.91. The minimum atomic E-state index is 0.436. The summed E-state index contributed by atoms with van der Waals surface area (Å²) in [6.07, 6.45) is 6.86. The summed E-state index contributed by atoms with van der Waals surface area (Å²) < 4.78 is 1.31. The van der Waals surface area contributed by atoms with Gasteiger partial charge in [-0.2, -0.15) is 0 Å². The van der Waals surface area contributed by atoms with Crippen molar-refractivity contribution in [3.8, 4) is 0 Å². The van der Waals surface area contributed by atoms with E-state index in [0.717, 1.165) is 23.9 Å². The lowest BCUT2D eigenvalue weighted by atomic mass is 9.80. The van der Waals surface area contributed by atoms with Crippen molar-refractivity contribution in [3.05, 3.63) is 29.3 Å². The largest absolute Gasteiger partial charge is 0.308 e. The Labute approximate surface area is 132 Å². The highest BCUT2D eigenvalue weighted by molar-refractivity contribution is 7.18. The monoisotopic (exact) mass is 302 g/mol. The first-order valence-corrected chi connectivity index (χ1v) is 9.16. The van der Waals surface area contributed by atoms with Gasteiger partial charge in [-0.1, -0.05) is 51.7 Å². The van der Waals surface area contributed by atoms with E-state index >= 15 is 0 Å². The molecule has 1 heterocycles. The van der Waals surface area contributed by atoms with Gasteiger partial charge in [-0.25, -0.2) is 4.98 Å². The summed E-state index contributed by atoms with van der Waals surface area (Å²) in [5.74, 6) is 1.80. The zero-order chi connectivity index (χ0) is 14.7. The van der Waals surface area contributed by atoms with Crippen molar-refractivity contribution in [1.82, 2.24) is 10.3 Å². The summed E-state index contributed by atoms with van der Waals surface area (Å²) in [6, 6.07) is 8.93. The van der Waals surface area contributed by atoms with Crippen molar-refractivity contribution in [3.63, 3.8) is 0 Å². The van der Waals surface area contributed by atoms with Crippen molar-refractivity contribution in [2.45, 2.75) is 52.0 Å². The molecule has 1 aromatic carbocycles. The lowest BCUT2D eigenvalue weighted by Gasteiger charge is -2.29. The Bertz CT molecular complexity index is 536. The number of fused-ring (bicyclic) bond motifs is 1. The van der Waals surface area contributed by atoms with Gasteiger partial charge in [-0.05, 0) is 36.9 Å². The van der Waals surface area contributed by atoms with Gasteiger partial charge < -0.3 is 5.32 Å². The predicted octanol–water partition coefficient (Wildman–Crippen LogP) is 5.16. The molecule has 1 fully saturated rings. The lowest BCUT2D eigenvalue weighted by molar-refractivity contribution is 0.255. The SMILES string of the molecule is CCNC(CC1CCC(C)CC1)c1nc2ccccc2s1. The third kappa shape index (κ3) is 3.64. The number of nitrogens with zero attached hydrogens (tertiary/aromatic N) is 1. The van der Waals surface area contributed by atoms with Crippen LogP contribution in [-0.2, 0) is 0 Å². The second-order valence-corrected chi connectivity index (χ2v) is 7.55. The van der Waals surface area contributed by atoms with Gasteiger partial charge in [0.05, 0.1) is 16.3 Å². The van der Waals surface area contributed by atoms with E-state index in [9.17, 15) is 0 Å². The molecule has 3 rings (SSSR count). The summed E-state index contributed by atoms with van der Waals surface area (Å²) in [5, 5.41) is 4.94. The molecule has 0 bridgehead atoms. The number of hydrogen-bond acceptors (Lipinski definition) is 3. The zero-order valence-corrected chi connectivity index (χ0v) is 14.0. The van der Waals surface area contributed by atoms with Gasteiger partial charge >= 0.3 is 0 Å². The summed E-state index contributed by atoms with van der Waals surface area (Å²) >= 11 is 1.86. The highest BCUT2D eigenvalue weighted by atomic mass is 32.1. The quantitative estimate of drug-likeness (QED) is 0.825. The molecule has 114 valence electrons. The summed E-state index contributed by atoms with van der Waals surface area (Å²) in [4.78, 5) is 4.87. The van der Waals surface area contributed by atoms with E-state index in [1.807, 2.05) is 11.3 Å². The van der Waals surface area contributed by atoms with Crippen molar-refractivity contribution in [1.29, 1.82) is 0 Å². The third-order valence-electron chi connectivity index (χ3n) is 4.76. The highest BCUT2D eigenvalue weighted by Gasteiger charge is 2.24. The number of nitrogens with one attached hydrogen (secondary N) is 1. The average molecular weight is 302 g/mol. The molecule has 0 spiro atoms. The standard InChI is InChI=1S/C18H26N2S/c1-3-19-16(12-14-10-8-13(2)9-11-14)18-20-15-6-4-5-7-17(15)21-18/h4-7,13-14,16,19H,3,8-12H2,1-2H3. The molecule has 1 atom stereocenters. The molecule has 1 aliphatic rings. The molecular formula is C18H26N2S. The van der Waals surface area contributed by atoms with E-state index in [0.29, 0.717) is 6.04 Å². The molecule has 0 saturated heterocycles. The Morgan fingerprint density at radius 1 is 1.24 bits per heavy atom. The molecule has 2 nitrogen and oxygen atoms in total. The Balaban J connectivity index is 1.74. The first kappa shape index (κ1) is 15.0. The number of rotatable bonds is 5. The Morgan fingerprint density at radius 3 is 2.71 bits per heavy atom. The molecule has 3 heteroatoms. The van der Waals surface area contributed by atoms with Crippen LogP contribution in [0, 0.1) is 11.8 Å². The normalized spacial score (nSPS) is 24.3. The molecule has 0 aliphatic heterocycles. The van der Waals surface area contributed by atoms with Crippen LogP contribution in [0.5, 0.6) is 0 Å². The average Bonchev–Trinajstić information content (AvgIpc) is 2.93. The maximum Gasteiger partial charge on any atom is 0.111 e. The van der Waals surface area contributed by atoms with Gasteiger partial charge in [0.1, 0.15) is 5.01 Å². The van der Waals surface area contributed by atoms with Crippen LogP contribution in [0.1, 0.15) is 57.0 Å². The molecule has 1 unspecified atom stereocenters. The smallest absolute Gasteiger partial charge is 0.111 e.